The fraction of sp³-hybridized carbons (Fsp3) is 0.0833. The van der Waals surface area contributed by atoms with E-state index in [4.69, 9.17) is 16.3 Å². The van der Waals surface area contributed by atoms with Crippen molar-refractivity contribution in [2.24, 2.45) is 0 Å². The van der Waals surface area contributed by atoms with Gasteiger partial charge in [-0.05, 0) is 19.1 Å². The maximum atomic E-state index is 12.4. The summed E-state index contributed by atoms with van der Waals surface area (Å²) in [6, 6.07) is 9.38. The first-order valence-electron chi connectivity index (χ1n) is 5.42. The van der Waals surface area contributed by atoms with E-state index in [0.29, 0.717) is 4.09 Å². The van der Waals surface area contributed by atoms with E-state index in [2.05, 4.69) is 5.10 Å². The highest BCUT2D eigenvalue weighted by Crippen LogP contribution is 2.21. The van der Waals surface area contributed by atoms with Crippen LogP contribution in [0.25, 0.3) is 0 Å². The van der Waals surface area contributed by atoms with Gasteiger partial charge in [0.05, 0.1) is 4.90 Å². The summed E-state index contributed by atoms with van der Waals surface area (Å²) in [7, 11) is -4.03. The van der Waals surface area contributed by atoms with Crippen LogP contribution < -0.4 is 5.73 Å². The second-order valence-corrected chi connectivity index (χ2v) is 5.76. The number of nitrogens with zero attached hydrogens (tertiary/aromatic N) is 4. The largest absolute Gasteiger partial charge is 0.382 e. The van der Waals surface area contributed by atoms with Crippen LogP contribution in [0.5, 0.6) is 0 Å². The topological polar surface area (TPSA) is 126 Å². The molecule has 0 atom stereocenters. The lowest BCUT2D eigenvalue weighted by atomic mass is 10.2. The standard InChI is InChI=1S/C12H9N5O2S/c1-8-2-4-9(5-3-8)20(18,19)17-12(15)10(6-13)11(7-14)16-17/h2-5H,15H2,1H3. The molecule has 0 radical (unpaired) electrons. The van der Waals surface area contributed by atoms with Gasteiger partial charge in [-0.1, -0.05) is 17.7 Å². The number of benzene rings is 1. The molecule has 2 N–H and O–H groups in total. The Morgan fingerprint density at radius 3 is 2.25 bits per heavy atom. The van der Waals surface area contributed by atoms with Crippen molar-refractivity contribution in [1.29, 1.82) is 10.5 Å². The van der Waals surface area contributed by atoms with E-state index in [-0.39, 0.29) is 22.0 Å². The van der Waals surface area contributed by atoms with E-state index >= 15 is 0 Å². The monoisotopic (exact) mass is 287 g/mol. The van der Waals surface area contributed by atoms with Crippen molar-refractivity contribution < 1.29 is 8.42 Å². The third-order valence-electron chi connectivity index (χ3n) is 2.65. The zero-order chi connectivity index (χ0) is 14.9. The Morgan fingerprint density at radius 1 is 1.20 bits per heavy atom. The molecule has 2 aromatic rings. The Hall–Kier alpha value is -2.84. The van der Waals surface area contributed by atoms with Gasteiger partial charge >= 0.3 is 0 Å². The molecule has 0 saturated carbocycles. The van der Waals surface area contributed by atoms with Gasteiger partial charge < -0.3 is 5.73 Å². The quantitative estimate of drug-likeness (QED) is 0.868. The maximum Gasteiger partial charge on any atom is 0.284 e. The summed E-state index contributed by atoms with van der Waals surface area (Å²) >= 11 is 0. The van der Waals surface area contributed by atoms with Crippen molar-refractivity contribution in [3.8, 4) is 12.1 Å². The van der Waals surface area contributed by atoms with Gasteiger partial charge in [0.25, 0.3) is 10.0 Å². The van der Waals surface area contributed by atoms with Crippen molar-refractivity contribution in [2.45, 2.75) is 11.8 Å². The SMILES string of the molecule is Cc1ccc(S(=O)(=O)n2nc(C#N)c(C#N)c2N)cc1. The molecular formula is C12H9N5O2S. The molecule has 0 fully saturated rings. The molecule has 7 nitrogen and oxygen atoms in total. The summed E-state index contributed by atoms with van der Waals surface area (Å²) in [5.74, 6) is -0.371. The number of aryl methyl sites for hydroxylation is 1. The Kier molecular flexibility index (Phi) is 3.18. The van der Waals surface area contributed by atoms with Gasteiger partial charge in [0, 0.05) is 0 Å². The Bertz CT molecular complexity index is 851. The third-order valence-corrected chi connectivity index (χ3v) is 4.26. The number of hydrogen-bond donors (Lipinski definition) is 1. The molecule has 1 heterocycles. The molecule has 1 aromatic carbocycles. The molecule has 0 unspecified atom stereocenters. The minimum atomic E-state index is -4.03. The van der Waals surface area contributed by atoms with Gasteiger partial charge in [0.15, 0.2) is 11.5 Å². The molecular weight excluding hydrogens is 278 g/mol. The van der Waals surface area contributed by atoms with Crippen molar-refractivity contribution in [1.82, 2.24) is 9.19 Å². The lowest BCUT2D eigenvalue weighted by Crippen LogP contribution is -2.17. The number of aromatic nitrogens is 2. The van der Waals surface area contributed by atoms with E-state index in [1.54, 1.807) is 24.3 Å². The number of rotatable bonds is 2. The average Bonchev–Trinajstić information content (AvgIpc) is 2.76. The summed E-state index contributed by atoms with van der Waals surface area (Å²) < 4.78 is 25.2. The number of nitrogen functional groups attached to an aromatic ring is 1. The minimum absolute atomic E-state index is 0.0220. The van der Waals surface area contributed by atoms with E-state index in [0.717, 1.165) is 5.56 Å². The first-order chi connectivity index (χ1) is 9.41. The number of anilines is 1. The van der Waals surface area contributed by atoms with Crippen molar-refractivity contribution >= 4 is 15.8 Å². The minimum Gasteiger partial charge on any atom is -0.382 e. The number of hydrogen-bond acceptors (Lipinski definition) is 6. The van der Waals surface area contributed by atoms with Crippen LogP contribution >= 0.6 is 0 Å². The Balaban J connectivity index is 2.68. The predicted octanol–water partition coefficient (Wildman–Crippen LogP) is 0.754. The smallest absolute Gasteiger partial charge is 0.284 e. The zero-order valence-corrected chi connectivity index (χ0v) is 11.2. The van der Waals surface area contributed by atoms with Crippen molar-refractivity contribution in [3.63, 3.8) is 0 Å². The van der Waals surface area contributed by atoms with Gasteiger partial charge in [0.1, 0.15) is 17.7 Å². The van der Waals surface area contributed by atoms with Crippen LogP contribution in [0.2, 0.25) is 0 Å². The number of nitriles is 2. The van der Waals surface area contributed by atoms with Crippen LogP contribution in [-0.2, 0) is 10.0 Å². The lowest BCUT2D eigenvalue weighted by Gasteiger charge is -2.06. The van der Waals surface area contributed by atoms with Crippen LogP contribution in [-0.4, -0.2) is 17.6 Å². The average molecular weight is 287 g/mol. The summed E-state index contributed by atoms with van der Waals surface area (Å²) in [6.45, 7) is 1.82. The van der Waals surface area contributed by atoms with E-state index in [9.17, 15) is 8.42 Å². The molecule has 0 aliphatic rings. The molecule has 100 valence electrons. The predicted molar refractivity (Wildman–Crippen MR) is 69.8 cm³/mol. The van der Waals surface area contributed by atoms with Gasteiger partial charge in [-0.2, -0.15) is 18.9 Å². The van der Waals surface area contributed by atoms with Crippen molar-refractivity contribution in [3.05, 3.63) is 41.1 Å². The molecule has 0 saturated heterocycles. The molecule has 0 spiro atoms. The lowest BCUT2D eigenvalue weighted by molar-refractivity contribution is 0.581. The molecule has 20 heavy (non-hydrogen) atoms. The normalized spacial score (nSPS) is 10.8. The highest BCUT2D eigenvalue weighted by Gasteiger charge is 2.25. The van der Waals surface area contributed by atoms with E-state index in [1.165, 1.54) is 12.1 Å². The highest BCUT2D eigenvalue weighted by molar-refractivity contribution is 7.90. The summed E-state index contributed by atoms with van der Waals surface area (Å²) in [5, 5.41) is 21.3. The van der Waals surface area contributed by atoms with Gasteiger partial charge in [0.2, 0.25) is 0 Å². The Labute approximate surface area is 115 Å². The number of nitrogens with two attached hydrogens (primary N) is 1. The van der Waals surface area contributed by atoms with E-state index < -0.39 is 10.0 Å². The van der Waals surface area contributed by atoms with Crippen LogP contribution in [0.15, 0.2) is 29.2 Å². The van der Waals surface area contributed by atoms with Gasteiger partial charge in [-0.25, -0.2) is 0 Å². The van der Waals surface area contributed by atoms with Crippen molar-refractivity contribution in [2.75, 3.05) is 5.73 Å². The van der Waals surface area contributed by atoms with Crippen LogP contribution in [0, 0.1) is 29.6 Å². The van der Waals surface area contributed by atoms with Crippen LogP contribution in [0.3, 0.4) is 0 Å². The molecule has 0 aliphatic carbocycles. The van der Waals surface area contributed by atoms with Crippen LogP contribution in [0.4, 0.5) is 5.82 Å². The van der Waals surface area contributed by atoms with Crippen LogP contribution in [0.1, 0.15) is 16.8 Å². The molecule has 1 aromatic heterocycles. The summed E-state index contributed by atoms with van der Waals surface area (Å²) in [4.78, 5) is -0.0220. The molecule has 0 bridgehead atoms. The molecule has 0 aliphatic heterocycles. The molecule has 0 amide bonds. The first kappa shape index (κ1) is 13.6. The summed E-state index contributed by atoms with van der Waals surface area (Å²) in [6.07, 6.45) is 0. The fourth-order valence-electron chi connectivity index (χ4n) is 1.59. The second-order valence-electron chi connectivity index (χ2n) is 3.99. The second kappa shape index (κ2) is 4.68. The van der Waals surface area contributed by atoms with Gasteiger partial charge in [-0.15, -0.1) is 9.19 Å². The maximum absolute atomic E-state index is 12.4. The van der Waals surface area contributed by atoms with E-state index in [1.807, 2.05) is 6.92 Å². The van der Waals surface area contributed by atoms with Gasteiger partial charge in [-0.3, -0.25) is 0 Å². The highest BCUT2D eigenvalue weighted by atomic mass is 32.2. The zero-order valence-electron chi connectivity index (χ0n) is 10.4. The third kappa shape index (κ3) is 1.98. The summed E-state index contributed by atoms with van der Waals surface area (Å²) in [5.41, 5.74) is 5.92. The fourth-order valence-corrected chi connectivity index (χ4v) is 2.81. The molecule has 2 rings (SSSR count). The molecule has 8 heteroatoms. The first-order valence-corrected chi connectivity index (χ1v) is 6.86. The Morgan fingerprint density at radius 2 is 1.80 bits per heavy atom.